The molecule has 9 fully saturated rings. The molecule has 12 aliphatic rings. The van der Waals surface area contributed by atoms with Gasteiger partial charge in [-0.2, -0.15) is 0 Å². The highest BCUT2D eigenvalue weighted by Crippen LogP contribution is 2.80. The summed E-state index contributed by atoms with van der Waals surface area (Å²) < 4.78 is 13.3. The molecule has 65 heavy (non-hydrogen) atoms. The molecule has 8 saturated carbocycles. The van der Waals surface area contributed by atoms with E-state index in [1.807, 2.05) is 25.2 Å². The second-order valence-corrected chi connectivity index (χ2v) is 24.0. The Morgan fingerprint density at radius 1 is 0.954 bits per heavy atom. The van der Waals surface area contributed by atoms with E-state index < -0.39 is 57.6 Å². The highest BCUT2D eigenvalue weighted by atomic mass is 16.5. The van der Waals surface area contributed by atoms with Crippen molar-refractivity contribution >= 4 is 12.3 Å². The molecular formula is C55H73NO9. The van der Waals surface area contributed by atoms with E-state index in [1.165, 1.54) is 25.7 Å². The normalized spacial score (nSPS) is 51.0. The number of aliphatic hydroxyl groups excluding tert-OH is 2. The van der Waals surface area contributed by atoms with Gasteiger partial charge in [-0.15, -0.1) is 0 Å². The fourth-order valence-corrected chi connectivity index (χ4v) is 20.1. The lowest BCUT2D eigenvalue weighted by Gasteiger charge is -2.75. The van der Waals surface area contributed by atoms with E-state index in [-0.39, 0.29) is 60.2 Å². The summed E-state index contributed by atoms with van der Waals surface area (Å²) in [4.78, 5) is 28.6. The SMILES string of the molecule is CNC1Cc2c(cccc2CO)C#CCCC23CCC4C5(C=O)CC67CCCC6CCOC7C6CCC(C(C)C7CCCC7)CC(C(O)C4(O)C2(O)CC2CC1C1OC(=O)C=C1C23)C65O. The molecule has 19 atom stereocenters. The third-order valence-corrected chi connectivity index (χ3v) is 22.5. The lowest BCUT2D eigenvalue weighted by Crippen LogP contribution is -2.86. The van der Waals surface area contributed by atoms with E-state index in [0.29, 0.717) is 75.7 Å². The fraction of sp³-hybridized carbons (Fsp3) is 0.782. The Balaban J connectivity index is 1.05. The van der Waals surface area contributed by atoms with Gasteiger partial charge in [0.05, 0.1) is 29.8 Å². The van der Waals surface area contributed by atoms with Gasteiger partial charge < -0.3 is 45.1 Å². The minimum atomic E-state index is -2.14. The summed E-state index contributed by atoms with van der Waals surface area (Å²) in [5, 5.41) is 71.2. The van der Waals surface area contributed by atoms with Crippen LogP contribution in [-0.4, -0.2) is 92.6 Å². The molecule has 2 aliphatic heterocycles. The first kappa shape index (κ1) is 43.6. The Morgan fingerprint density at radius 3 is 2.57 bits per heavy atom. The van der Waals surface area contributed by atoms with Crippen LogP contribution in [0.3, 0.4) is 0 Å². The summed E-state index contributed by atoms with van der Waals surface area (Å²) in [5.41, 5.74) is -4.90. The smallest absolute Gasteiger partial charge is 0.331 e. The number of carbonyl (C=O) groups excluding carboxylic acids is 2. The molecule has 6 N–H and O–H groups in total. The summed E-state index contributed by atoms with van der Waals surface area (Å²) in [6, 6.07) is 5.70. The molecular weight excluding hydrogens is 819 g/mol. The number of nitrogens with one attached hydrogen (secondary N) is 1. The molecule has 2 spiro atoms. The van der Waals surface area contributed by atoms with Gasteiger partial charge in [0.2, 0.25) is 0 Å². The lowest BCUT2D eigenvalue weighted by atomic mass is 9.32. The number of aldehydes is 1. The van der Waals surface area contributed by atoms with Crippen LogP contribution in [0.1, 0.15) is 139 Å². The van der Waals surface area contributed by atoms with E-state index >= 15 is 0 Å². The van der Waals surface area contributed by atoms with Crippen LogP contribution in [0.5, 0.6) is 0 Å². The highest BCUT2D eigenvalue weighted by molar-refractivity contribution is 5.86. The maximum Gasteiger partial charge on any atom is 0.331 e. The van der Waals surface area contributed by atoms with Gasteiger partial charge in [0, 0.05) is 65.2 Å². The van der Waals surface area contributed by atoms with Crippen molar-refractivity contribution in [3.05, 3.63) is 46.5 Å². The molecule has 1 aromatic rings. The number of esters is 1. The quantitative estimate of drug-likeness (QED) is 0.118. The molecule has 1 saturated heterocycles. The van der Waals surface area contributed by atoms with E-state index in [4.69, 9.17) is 9.47 Å². The summed E-state index contributed by atoms with van der Waals surface area (Å²) in [6.07, 6.45) is 14.7. The van der Waals surface area contributed by atoms with Crippen LogP contribution < -0.4 is 5.32 Å². The van der Waals surface area contributed by atoms with Crippen molar-refractivity contribution in [1.82, 2.24) is 5.32 Å². The lowest BCUT2D eigenvalue weighted by molar-refractivity contribution is -0.389. The average Bonchev–Trinajstić information content (AvgIpc) is 4.10. The standard InChI is InChI=1S/C55H73NO9/c1-31(32-9-3-4-10-32)34-15-16-41-49-50(19-8-14-37(50)18-22-64-49)29-52(30-58)44-17-21-51-20-6-5-11-33-12-7-13-35(28-57)38(33)25-43(56-2)39-23-36(46(51)40-26-45(59)65-47(39)40)27-53(51,61)55(44,63)48(60)42(24-34)54(41,52)62/h7,12-13,26,30-32,34,36-37,39,41-44,46-49,56-57,60-63H,3-4,6,8-10,14-25,27-29H2,1-2H3. The van der Waals surface area contributed by atoms with Gasteiger partial charge in [-0.1, -0.05) is 63.0 Å². The molecule has 1 aromatic carbocycles. The van der Waals surface area contributed by atoms with Crippen molar-refractivity contribution in [2.24, 2.45) is 75.4 Å². The third-order valence-electron chi connectivity index (χ3n) is 22.5. The first-order chi connectivity index (χ1) is 31.4. The monoisotopic (exact) mass is 892 g/mol. The summed E-state index contributed by atoms with van der Waals surface area (Å²) in [6.45, 7) is 2.89. The van der Waals surface area contributed by atoms with E-state index in [1.54, 1.807) is 6.08 Å². The van der Waals surface area contributed by atoms with E-state index in [0.717, 1.165) is 67.1 Å². The fourth-order valence-electron chi connectivity index (χ4n) is 20.1. The predicted molar refractivity (Wildman–Crippen MR) is 241 cm³/mol. The number of aliphatic hydroxyl groups is 5. The van der Waals surface area contributed by atoms with Gasteiger partial charge in [0.15, 0.2) is 0 Å². The third kappa shape index (κ3) is 5.44. The Labute approximate surface area is 385 Å². The zero-order chi connectivity index (χ0) is 44.9. The molecule has 10 aliphatic carbocycles. The second kappa shape index (κ2) is 15.2. The minimum Gasteiger partial charge on any atom is -0.454 e. The van der Waals surface area contributed by atoms with Crippen LogP contribution in [0.2, 0.25) is 0 Å². The summed E-state index contributed by atoms with van der Waals surface area (Å²) >= 11 is 0. The molecule has 10 heteroatoms. The van der Waals surface area contributed by atoms with Crippen molar-refractivity contribution in [3.63, 3.8) is 0 Å². The zero-order valence-electron chi connectivity index (χ0n) is 38.7. The Hall–Kier alpha value is -2.62. The second-order valence-electron chi connectivity index (χ2n) is 24.0. The predicted octanol–water partition coefficient (Wildman–Crippen LogP) is 5.95. The first-order valence-electron chi connectivity index (χ1n) is 26.1. The molecule has 19 unspecified atom stereocenters. The van der Waals surface area contributed by atoms with Crippen LogP contribution in [-0.2, 0) is 32.1 Å². The number of carbonyl (C=O) groups is 2. The van der Waals surface area contributed by atoms with Crippen molar-refractivity contribution < 1.29 is 44.6 Å². The molecule has 10 nitrogen and oxygen atoms in total. The van der Waals surface area contributed by atoms with Crippen LogP contribution in [0.4, 0.5) is 0 Å². The summed E-state index contributed by atoms with van der Waals surface area (Å²) in [7, 11) is 1.93. The molecule has 0 amide bonds. The van der Waals surface area contributed by atoms with Gasteiger partial charge >= 0.3 is 5.97 Å². The molecule has 352 valence electrons. The van der Waals surface area contributed by atoms with Crippen LogP contribution in [0.15, 0.2) is 29.8 Å². The van der Waals surface area contributed by atoms with Gasteiger partial charge in [-0.25, -0.2) is 4.79 Å². The number of rotatable bonds is 5. The maximum atomic E-state index is 14.9. The van der Waals surface area contributed by atoms with Gasteiger partial charge in [0.25, 0.3) is 0 Å². The van der Waals surface area contributed by atoms with Crippen LogP contribution >= 0.6 is 0 Å². The van der Waals surface area contributed by atoms with Gasteiger partial charge in [-0.3, -0.25) is 0 Å². The number of likely N-dealkylation sites (N-methyl/N-ethyl adjacent to an activating group) is 1. The van der Waals surface area contributed by atoms with Gasteiger partial charge in [0.1, 0.15) is 23.6 Å². The topological polar surface area (TPSA) is 166 Å². The summed E-state index contributed by atoms with van der Waals surface area (Å²) in [5.74, 6) is 5.22. The molecule has 13 rings (SSSR count). The Kier molecular flexibility index (Phi) is 10.2. The Bertz CT molecular complexity index is 2210. The molecule has 0 aromatic heterocycles. The van der Waals surface area contributed by atoms with E-state index in [9.17, 15) is 35.1 Å². The Morgan fingerprint density at radius 2 is 1.78 bits per heavy atom. The number of ether oxygens (including phenoxy) is 2. The van der Waals surface area contributed by atoms with Crippen molar-refractivity contribution in [1.29, 1.82) is 0 Å². The van der Waals surface area contributed by atoms with Crippen molar-refractivity contribution in [2.75, 3.05) is 13.7 Å². The van der Waals surface area contributed by atoms with Gasteiger partial charge in [-0.05, 0) is 149 Å². The zero-order valence-corrected chi connectivity index (χ0v) is 38.7. The first-order valence-corrected chi connectivity index (χ1v) is 26.1. The molecule has 4 bridgehead atoms. The molecule has 2 heterocycles. The number of hydrogen-bond donors (Lipinski definition) is 6. The largest absolute Gasteiger partial charge is 0.454 e. The van der Waals surface area contributed by atoms with E-state index in [2.05, 4.69) is 24.1 Å². The average molecular weight is 892 g/mol. The number of fused-ring (bicyclic) bond motifs is 7. The van der Waals surface area contributed by atoms with Crippen LogP contribution in [0, 0.1) is 87.3 Å². The van der Waals surface area contributed by atoms with Crippen molar-refractivity contribution in [3.8, 4) is 11.8 Å². The maximum absolute atomic E-state index is 14.9. The van der Waals surface area contributed by atoms with Crippen molar-refractivity contribution in [2.45, 2.75) is 177 Å². The number of benzene rings is 1. The number of hydrogen-bond acceptors (Lipinski definition) is 10. The highest BCUT2D eigenvalue weighted by Gasteiger charge is 2.87. The van der Waals surface area contributed by atoms with Crippen LogP contribution in [0.25, 0.3) is 0 Å². The minimum absolute atomic E-state index is 0.118. The molecule has 0 radical (unpaired) electrons.